The van der Waals surface area contributed by atoms with Crippen molar-refractivity contribution in [3.63, 3.8) is 0 Å². The normalized spacial score (nSPS) is 23.5. The number of carbonyl (C=O) groups is 1. The van der Waals surface area contributed by atoms with Gasteiger partial charge in [-0.3, -0.25) is 4.79 Å². The molecule has 1 aliphatic rings. The van der Waals surface area contributed by atoms with Gasteiger partial charge in [0.2, 0.25) is 5.91 Å². The average molecular weight is 676 g/mol. The third kappa shape index (κ3) is 20.9. The van der Waals surface area contributed by atoms with Crippen LogP contribution in [0.4, 0.5) is 0 Å². The van der Waals surface area contributed by atoms with E-state index < -0.39 is 49.5 Å². The number of unbranched alkanes of at least 4 members (excludes halogenated alkanes) is 7. The fourth-order valence-corrected chi connectivity index (χ4v) is 5.09. The molecule has 1 aliphatic heterocycles. The SMILES string of the molecule is CC/C=C\C/C=C\C/C=C\CCCCCCCC(=O)NC(COC1OC(CO)C(O)C(O)C1O)C(O)/C=C/CC/C=C/CC/C=C/CC. The number of amides is 1. The molecule has 7 unspecified atom stereocenters. The highest BCUT2D eigenvalue weighted by molar-refractivity contribution is 5.76. The van der Waals surface area contributed by atoms with Crippen LogP contribution in [0.3, 0.4) is 0 Å². The molecule has 0 aliphatic carbocycles. The van der Waals surface area contributed by atoms with Crippen LogP contribution in [0.5, 0.6) is 0 Å². The third-order valence-corrected chi connectivity index (χ3v) is 8.00. The Bertz CT molecular complexity index is 973. The van der Waals surface area contributed by atoms with E-state index in [4.69, 9.17) is 9.47 Å². The molecular formula is C39H65NO8. The number of rotatable bonds is 27. The quantitative estimate of drug-likeness (QED) is 0.0468. The van der Waals surface area contributed by atoms with E-state index in [-0.39, 0.29) is 12.5 Å². The molecule has 1 saturated heterocycles. The molecule has 274 valence electrons. The molecule has 0 radical (unpaired) electrons. The van der Waals surface area contributed by atoms with Crippen molar-refractivity contribution in [2.75, 3.05) is 13.2 Å². The summed E-state index contributed by atoms with van der Waals surface area (Å²) in [5.74, 6) is -0.217. The van der Waals surface area contributed by atoms with Gasteiger partial charge < -0.3 is 40.3 Å². The van der Waals surface area contributed by atoms with E-state index in [1.807, 2.05) is 6.08 Å². The molecule has 6 N–H and O–H groups in total. The van der Waals surface area contributed by atoms with Crippen LogP contribution in [0, 0.1) is 0 Å². The lowest BCUT2D eigenvalue weighted by Crippen LogP contribution is -2.60. The monoisotopic (exact) mass is 675 g/mol. The summed E-state index contributed by atoms with van der Waals surface area (Å²) < 4.78 is 11.1. The summed E-state index contributed by atoms with van der Waals surface area (Å²) in [6.07, 6.45) is 31.0. The minimum Gasteiger partial charge on any atom is -0.394 e. The van der Waals surface area contributed by atoms with Gasteiger partial charge in [0.05, 0.1) is 25.4 Å². The Morgan fingerprint density at radius 2 is 1.25 bits per heavy atom. The van der Waals surface area contributed by atoms with Crippen molar-refractivity contribution in [1.82, 2.24) is 5.32 Å². The molecule has 9 nitrogen and oxygen atoms in total. The van der Waals surface area contributed by atoms with Gasteiger partial charge in [-0.15, -0.1) is 0 Å². The molecule has 0 saturated carbocycles. The van der Waals surface area contributed by atoms with E-state index in [2.05, 4.69) is 79.9 Å². The predicted molar refractivity (Wildman–Crippen MR) is 193 cm³/mol. The van der Waals surface area contributed by atoms with E-state index in [0.717, 1.165) is 89.9 Å². The first kappa shape index (κ1) is 43.7. The van der Waals surface area contributed by atoms with Crippen molar-refractivity contribution in [2.45, 2.75) is 153 Å². The van der Waals surface area contributed by atoms with Gasteiger partial charge in [-0.05, 0) is 70.6 Å². The van der Waals surface area contributed by atoms with Gasteiger partial charge in [-0.2, -0.15) is 0 Å². The number of aliphatic hydroxyl groups is 5. The van der Waals surface area contributed by atoms with Crippen LogP contribution < -0.4 is 5.32 Å². The molecule has 1 amide bonds. The zero-order valence-corrected chi connectivity index (χ0v) is 29.5. The highest BCUT2D eigenvalue weighted by Gasteiger charge is 2.44. The lowest BCUT2D eigenvalue weighted by molar-refractivity contribution is -0.302. The number of ether oxygens (including phenoxy) is 2. The fourth-order valence-electron chi connectivity index (χ4n) is 5.09. The number of carbonyl (C=O) groups excluding carboxylic acids is 1. The first-order chi connectivity index (χ1) is 23.3. The standard InChI is InChI=1S/C39H65NO8/c1-3-5-7-9-11-13-15-16-17-18-19-21-23-25-27-29-35(43)40-32(31-47-39-38(46)37(45)36(44)34(30-41)48-39)33(42)28-26-24-22-20-14-12-10-8-6-4-2/h5-8,11,13-14,16-17,20,26,28,32-34,36-39,41-42,44-46H,3-4,9-10,12,15,18-19,21-25,27,29-31H2,1-2H3,(H,40,43)/b7-5-,8-6+,13-11-,17-16-,20-14+,28-26+. The van der Waals surface area contributed by atoms with Crippen LogP contribution in [0.1, 0.15) is 110 Å². The van der Waals surface area contributed by atoms with Gasteiger partial charge >= 0.3 is 0 Å². The maximum atomic E-state index is 12.8. The molecule has 48 heavy (non-hydrogen) atoms. The van der Waals surface area contributed by atoms with Crippen LogP contribution in [0.15, 0.2) is 72.9 Å². The van der Waals surface area contributed by atoms with Gasteiger partial charge in [0.1, 0.15) is 24.4 Å². The van der Waals surface area contributed by atoms with E-state index in [1.165, 1.54) is 0 Å². The van der Waals surface area contributed by atoms with Gasteiger partial charge in [-0.25, -0.2) is 0 Å². The Morgan fingerprint density at radius 3 is 1.92 bits per heavy atom. The van der Waals surface area contributed by atoms with Gasteiger partial charge in [0.15, 0.2) is 6.29 Å². The highest BCUT2D eigenvalue weighted by Crippen LogP contribution is 2.22. The van der Waals surface area contributed by atoms with Gasteiger partial charge in [0, 0.05) is 6.42 Å². The maximum absolute atomic E-state index is 12.8. The lowest BCUT2D eigenvalue weighted by atomic mass is 9.99. The number of hydrogen-bond acceptors (Lipinski definition) is 8. The molecule has 1 heterocycles. The van der Waals surface area contributed by atoms with Crippen LogP contribution in [-0.4, -0.2) is 87.5 Å². The van der Waals surface area contributed by atoms with Crippen LogP contribution in [0.2, 0.25) is 0 Å². The van der Waals surface area contributed by atoms with Gasteiger partial charge in [-0.1, -0.05) is 106 Å². The molecule has 1 fully saturated rings. The van der Waals surface area contributed by atoms with Crippen LogP contribution in [0.25, 0.3) is 0 Å². The largest absolute Gasteiger partial charge is 0.394 e. The second-order valence-electron chi connectivity index (χ2n) is 12.2. The topological polar surface area (TPSA) is 149 Å². The molecule has 1 rings (SSSR count). The predicted octanol–water partition coefficient (Wildman–Crippen LogP) is 5.88. The van der Waals surface area contributed by atoms with E-state index in [0.29, 0.717) is 6.42 Å². The molecular weight excluding hydrogens is 610 g/mol. The number of allylic oxidation sites excluding steroid dienone is 11. The summed E-state index contributed by atoms with van der Waals surface area (Å²) in [7, 11) is 0. The van der Waals surface area contributed by atoms with Crippen LogP contribution in [-0.2, 0) is 14.3 Å². The molecule has 0 bridgehead atoms. The summed E-state index contributed by atoms with van der Waals surface area (Å²) >= 11 is 0. The van der Waals surface area contributed by atoms with E-state index in [1.54, 1.807) is 6.08 Å². The van der Waals surface area contributed by atoms with Crippen molar-refractivity contribution in [3.8, 4) is 0 Å². The number of hydrogen-bond donors (Lipinski definition) is 6. The zero-order valence-electron chi connectivity index (χ0n) is 29.5. The Balaban J connectivity index is 2.51. The minimum absolute atomic E-state index is 0.217. The van der Waals surface area contributed by atoms with Crippen molar-refractivity contribution >= 4 is 5.91 Å². The Morgan fingerprint density at radius 1 is 0.708 bits per heavy atom. The fraction of sp³-hybridized carbons (Fsp3) is 0.667. The summed E-state index contributed by atoms with van der Waals surface area (Å²) in [6.45, 7) is 3.45. The van der Waals surface area contributed by atoms with Crippen molar-refractivity contribution in [1.29, 1.82) is 0 Å². The first-order valence-electron chi connectivity index (χ1n) is 18.2. The summed E-state index contributed by atoms with van der Waals surface area (Å²) in [6, 6.07) is -0.837. The first-order valence-corrected chi connectivity index (χ1v) is 18.2. The summed E-state index contributed by atoms with van der Waals surface area (Å²) in [5.41, 5.74) is 0. The molecule has 0 aromatic carbocycles. The third-order valence-electron chi connectivity index (χ3n) is 8.00. The van der Waals surface area contributed by atoms with Crippen molar-refractivity contribution < 1.29 is 39.8 Å². The van der Waals surface area contributed by atoms with E-state index in [9.17, 15) is 30.3 Å². The number of nitrogens with one attached hydrogen (secondary N) is 1. The Kier molecular flexibility index (Phi) is 26.9. The molecule has 0 aromatic rings. The van der Waals surface area contributed by atoms with Crippen molar-refractivity contribution in [2.24, 2.45) is 0 Å². The van der Waals surface area contributed by atoms with Gasteiger partial charge in [0.25, 0.3) is 0 Å². The maximum Gasteiger partial charge on any atom is 0.220 e. The molecule has 0 aromatic heterocycles. The van der Waals surface area contributed by atoms with E-state index >= 15 is 0 Å². The molecule has 9 heteroatoms. The van der Waals surface area contributed by atoms with Crippen molar-refractivity contribution in [3.05, 3.63) is 72.9 Å². The summed E-state index contributed by atoms with van der Waals surface area (Å²) in [5, 5.41) is 53.7. The average Bonchev–Trinajstić information content (AvgIpc) is 3.08. The summed E-state index contributed by atoms with van der Waals surface area (Å²) in [4.78, 5) is 12.8. The minimum atomic E-state index is -1.58. The number of aliphatic hydroxyl groups excluding tert-OH is 5. The molecule has 7 atom stereocenters. The zero-order chi connectivity index (χ0) is 35.2. The molecule has 0 spiro atoms. The Labute approximate surface area is 289 Å². The smallest absolute Gasteiger partial charge is 0.220 e. The lowest BCUT2D eigenvalue weighted by Gasteiger charge is -2.40. The second kappa shape index (κ2) is 29.5. The second-order valence-corrected chi connectivity index (χ2v) is 12.2. The highest BCUT2D eigenvalue weighted by atomic mass is 16.7. The Hall–Kier alpha value is -2.37. The van der Waals surface area contributed by atoms with Crippen LogP contribution >= 0.6 is 0 Å².